The Bertz CT molecular complexity index is 401. The maximum Gasteiger partial charge on any atom is 0.117 e. The molecule has 0 aromatic carbocycles. The predicted octanol–water partition coefficient (Wildman–Crippen LogP) is 3.91. The fourth-order valence-electron chi connectivity index (χ4n) is 3.85. The highest BCUT2D eigenvalue weighted by atomic mass is 16.3. The molecule has 1 fully saturated rings. The van der Waals surface area contributed by atoms with Crippen LogP contribution in [0, 0.1) is 11.3 Å². The van der Waals surface area contributed by atoms with Crippen LogP contribution < -0.4 is 5.32 Å². The van der Waals surface area contributed by atoms with E-state index in [-0.39, 0.29) is 0 Å². The average Bonchev–Trinajstić information content (AvgIpc) is 2.89. The molecule has 1 aliphatic rings. The molecule has 0 bridgehead atoms. The molecule has 2 unspecified atom stereocenters. The quantitative estimate of drug-likeness (QED) is 0.826. The van der Waals surface area contributed by atoms with E-state index in [0.29, 0.717) is 11.5 Å². The molecular formula is C18H32N2O. The van der Waals surface area contributed by atoms with E-state index in [1.54, 1.807) is 6.26 Å². The lowest BCUT2D eigenvalue weighted by Crippen LogP contribution is -2.47. The summed E-state index contributed by atoms with van der Waals surface area (Å²) in [7, 11) is 2.22. The molecule has 0 spiro atoms. The molecule has 1 saturated carbocycles. The van der Waals surface area contributed by atoms with Gasteiger partial charge in [-0.25, -0.2) is 0 Å². The Labute approximate surface area is 130 Å². The molecule has 0 aliphatic heterocycles. The lowest BCUT2D eigenvalue weighted by molar-refractivity contribution is 0.0840. The van der Waals surface area contributed by atoms with Gasteiger partial charge >= 0.3 is 0 Å². The number of hydrogen-bond donors (Lipinski definition) is 1. The van der Waals surface area contributed by atoms with Gasteiger partial charge in [0.2, 0.25) is 0 Å². The van der Waals surface area contributed by atoms with Crippen LogP contribution in [0.4, 0.5) is 0 Å². The molecule has 3 heteroatoms. The van der Waals surface area contributed by atoms with Crippen molar-refractivity contribution in [1.82, 2.24) is 10.2 Å². The second-order valence-electron chi connectivity index (χ2n) is 7.49. The molecule has 1 aliphatic carbocycles. The van der Waals surface area contributed by atoms with Crippen molar-refractivity contribution in [3.8, 4) is 0 Å². The van der Waals surface area contributed by atoms with Gasteiger partial charge in [-0.2, -0.15) is 0 Å². The Hall–Kier alpha value is -0.800. The summed E-state index contributed by atoms with van der Waals surface area (Å²) in [5.74, 6) is 1.91. The summed E-state index contributed by atoms with van der Waals surface area (Å²) in [5, 5.41) is 3.69. The number of rotatable bonds is 7. The second kappa shape index (κ2) is 7.46. The summed E-state index contributed by atoms with van der Waals surface area (Å²) in [6.45, 7) is 10.1. The molecule has 2 rings (SSSR count). The first-order valence-electron chi connectivity index (χ1n) is 8.43. The van der Waals surface area contributed by atoms with E-state index in [0.717, 1.165) is 31.3 Å². The highest BCUT2D eigenvalue weighted by molar-refractivity contribution is 4.98. The molecule has 1 aromatic rings. The molecule has 3 nitrogen and oxygen atoms in total. The summed E-state index contributed by atoms with van der Waals surface area (Å²) in [5.41, 5.74) is 0.420. The van der Waals surface area contributed by atoms with Gasteiger partial charge in [-0.3, -0.25) is 4.90 Å². The number of hydrogen-bond acceptors (Lipinski definition) is 3. The Morgan fingerprint density at radius 2 is 2.29 bits per heavy atom. The van der Waals surface area contributed by atoms with Crippen LogP contribution in [0.3, 0.4) is 0 Å². The molecule has 0 saturated heterocycles. The van der Waals surface area contributed by atoms with Crippen LogP contribution in [0.2, 0.25) is 0 Å². The normalized spacial score (nSPS) is 26.7. The van der Waals surface area contributed by atoms with Gasteiger partial charge in [-0.1, -0.05) is 33.6 Å². The van der Waals surface area contributed by atoms with Crippen molar-refractivity contribution in [2.75, 3.05) is 20.1 Å². The standard InChI is InChI=1S/C18H32N2O/c1-15(2)19-13-18(9-5-7-16(3)11-18)14-20(4)12-17-8-6-10-21-17/h6,8,10,15-16,19H,5,7,9,11-14H2,1-4H3. The first kappa shape index (κ1) is 16.6. The van der Waals surface area contributed by atoms with E-state index >= 15 is 0 Å². The largest absolute Gasteiger partial charge is 0.468 e. The lowest BCUT2D eigenvalue weighted by Gasteiger charge is -2.43. The monoisotopic (exact) mass is 292 g/mol. The van der Waals surface area contributed by atoms with E-state index in [1.165, 1.54) is 25.7 Å². The number of nitrogens with one attached hydrogen (secondary N) is 1. The third kappa shape index (κ3) is 5.15. The molecule has 1 N–H and O–H groups in total. The van der Waals surface area contributed by atoms with Crippen LogP contribution in [0.1, 0.15) is 52.2 Å². The Morgan fingerprint density at radius 1 is 1.48 bits per heavy atom. The van der Waals surface area contributed by atoms with Crippen molar-refractivity contribution in [3.05, 3.63) is 24.2 Å². The van der Waals surface area contributed by atoms with E-state index in [1.807, 2.05) is 6.07 Å². The van der Waals surface area contributed by atoms with Crippen molar-refractivity contribution in [1.29, 1.82) is 0 Å². The smallest absolute Gasteiger partial charge is 0.117 e. The molecule has 0 radical (unpaired) electrons. The fraction of sp³-hybridized carbons (Fsp3) is 0.778. The van der Waals surface area contributed by atoms with E-state index in [9.17, 15) is 0 Å². The maximum atomic E-state index is 5.49. The Morgan fingerprint density at radius 3 is 2.90 bits per heavy atom. The molecule has 1 heterocycles. The summed E-state index contributed by atoms with van der Waals surface area (Å²) >= 11 is 0. The highest BCUT2D eigenvalue weighted by Gasteiger charge is 2.35. The molecule has 0 amide bonds. The van der Waals surface area contributed by atoms with Gasteiger partial charge < -0.3 is 9.73 Å². The van der Waals surface area contributed by atoms with Gasteiger partial charge in [0, 0.05) is 19.1 Å². The summed E-state index contributed by atoms with van der Waals surface area (Å²) < 4.78 is 5.49. The third-order valence-electron chi connectivity index (χ3n) is 4.68. The summed E-state index contributed by atoms with van der Waals surface area (Å²) in [4.78, 5) is 2.43. The van der Waals surface area contributed by atoms with Gasteiger partial charge in [-0.05, 0) is 43.4 Å². The van der Waals surface area contributed by atoms with Crippen LogP contribution in [0.25, 0.3) is 0 Å². The zero-order valence-electron chi connectivity index (χ0n) is 14.2. The van der Waals surface area contributed by atoms with Crippen LogP contribution in [-0.4, -0.2) is 31.1 Å². The zero-order chi connectivity index (χ0) is 15.3. The maximum absolute atomic E-state index is 5.49. The predicted molar refractivity (Wildman–Crippen MR) is 88.2 cm³/mol. The molecule has 120 valence electrons. The van der Waals surface area contributed by atoms with Crippen molar-refractivity contribution in [3.63, 3.8) is 0 Å². The molecule has 1 aromatic heterocycles. The van der Waals surface area contributed by atoms with E-state index in [4.69, 9.17) is 4.42 Å². The Kier molecular flexibility index (Phi) is 5.88. The summed E-state index contributed by atoms with van der Waals surface area (Å²) in [6, 6.07) is 4.61. The summed E-state index contributed by atoms with van der Waals surface area (Å²) in [6.07, 6.45) is 7.22. The fourth-order valence-corrected chi connectivity index (χ4v) is 3.85. The van der Waals surface area contributed by atoms with Crippen LogP contribution in [0.5, 0.6) is 0 Å². The van der Waals surface area contributed by atoms with Crippen LogP contribution in [-0.2, 0) is 6.54 Å². The van der Waals surface area contributed by atoms with Crippen molar-refractivity contribution >= 4 is 0 Å². The van der Waals surface area contributed by atoms with Gasteiger partial charge in [0.1, 0.15) is 5.76 Å². The third-order valence-corrected chi connectivity index (χ3v) is 4.68. The minimum absolute atomic E-state index is 0.420. The second-order valence-corrected chi connectivity index (χ2v) is 7.49. The Balaban J connectivity index is 1.97. The molecule has 21 heavy (non-hydrogen) atoms. The van der Waals surface area contributed by atoms with Gasteiger partial charge in [0.05, 0.1) is 12.8 Å². The van der Waals surface area contributed by atoms with Gasteiger partial charge in [0.25, 0.3) is 0 Å². The first-order valence-corrected chi connectivity index (χ1v) is 8.43. The van der Waals surface area contributed by atoms with E-state index < -0.39 is 0 Å². The highest BCUT2D eigenvalue weighted by Crippen LogP contribution is 2.39. The van der Waals surface area contributed by atoms with Crippen molar-refractivity contribution in [2.45, 2.75) is 59.0 Å². The van der Waals surface area contributed by atoms with Crippen LogP contribution in [0.15, 0.2) is 22.8 Å². The van der Waals surface area contributed by atoms with Crippen molar-refractivity contribution in [2.24, 2.45) is 11.3 Å². The SMILES string of the molecule is CC1CCCC(CNC(C)C)(CN(C)Cc2ccco2)C1. The van der Waals surface area contributed by atoms with Gasteiger partial charge in [0.15, 0.2) is 0 Å². The molecule has 2 atom stereocenters. The molecular weight excluding hydrogens is 260 g/mol. The van der Waals surface area contributed by atoms with Crippen LogP contribution >= 0.6 is 0 Å². The zero-order valence-corrected chi connectivity index (χ0v) is 14.2. The lowest BCUT2D eigenvalue weighted by atomic mass is 9.69. The number of furan rings is 1. The minimum atomic E-state index is 0.420. The average molecular weight is 292 g/mol. The van der Waals surface area contributed by atoms with Crippen molar-refractivity contribution < 1.29 is 4.42 Å². The topological polar surface area (TPSA) is 28.4 Å². The van der Waals surface area contributed by atoms with E-state index in [2.05, 4.69) is 44.1 Å². The first-order chi connectivity index (χ1) is 9.99. The number of nitrogens with zero attached hydrogens (tertiary/aromatic N) is 1. The minimum Gasteiger partial charge on any atom is -0.468 e. The van der Waals surface area contributed by atoms with Gasteiger partial charge in [-0.15, -0.1) is 0 Å².